The van der Waals surface area contributed by atoms with Crippen molar-refractivity contribution in [3.05, 3.63) is 156 Å². The van der Waals surface area contributed by atoms with Crippen LogP contribution in [0.15, 0.2) is 133 Å². The number of aromatic amines is 2. The van der Waals surface area contributed by atoms with E-state index in [1.807, 2.05) is 97.1 Å². The normalized spacial score (nSPS) is 12.9. The van der Waals surface area contributed by atoms with Gasteiger partial charge in [-0.05, 0) is 109 Å². The number of nitrogens with zero attached hydrogens (tertiary/aromatic N) is 2. The van der Waals surface area contributed by atoms with E-state index in [1.165, 1.54) is 0 Å². The molecule has 2 aliphatic heterocycles. The van der Waals surface area contributed by atoms with Gasteiger partial charge in [-0.3, -0.25) is 9.59 Å². The van der Waals surface area contributed by atoms with Gasteiger partial charge in [-0.15, -0.1) is 23.2 Å². The Labute approximate surface area is 356 Å². The smallest absolute Gasteiger partial charge is 0.242 e. The lowest BCUT2D eigenvalue weighted by molar-refractivity contribution is -0.116. The standard InChI is InChI=1S/C50H38Cl2N6O2/c1-29(51)49(59)53-35-17-13-33(14-18-35)47-41-25-23-39(56-41)45(31-9-5-3-6-10-31)37-21-22-38(55-37)46(32-11-7-4-8-12-32)40-24-26-42(57-40)48(44-28-27-43(47)58-44)34-15-19-36(20-16-34)54-50(60)30(2)52/h3-30,56-57H,1-2H3,(H,53,59)(H,54,60). The summed E-state index contributed by atoms with van der Waals surface area (Å²) in [6.07, 6.45) is 8.22. The van der Waals surface area contributed by atoms with Crippen LogP contribution in [0.3, 0.4) is 0 Å². The van der Waals surface area contributed by atoms with E-state index in [0.717, 1.165) is 89.4 Å². The van der Waals surface area contributed by atoms with Crippen LogP contribution < -0.4 is 10.6 Å². The maximum absolute atomic E-state index is 12.4. The number of carbonyl (C=O) groups excluding carboxylic acids is 2. The van der Waals surface area contributed by atoms with Gasteiger partial charge in [0.25, 0.3) is 0 Å². The Bertz CT molecular complexity index is 2800. The third-order valence-corrected chi connectivity index (χ3v) is 10.9. The number of nitrogens with one attached hydrogen (secondary N) is 4. The summed E-state index contributed by atoms with van der Waals surface area (Å²) in [6, 6.07) is 44.3. The monoisotopic (exact) mass is 824 g/mol. The zero-order valence-electron chi connectivity index (χ0n) is 32.6. The zero-order chi connectivity index (χ0) is 41.3. The number of benzene rings is 4. The fourth-order valence-electron chi connectivity index (χ4n) is 7.55. The topological polar surface area (TPSA) is 116 Å². The van der Waals surface area contributed by atoms with Crippen LogP contribution in [-0.4, -0.2) is 42.5 Å². The van der Waals surface area contributed by atoms with Crippen LogP contribution >= 0.6 is 23.2 Å². The number of carbonyl (C=O) groups is 2. The highest BCUT2D eigenvalue weighted by Crippen LogP contribution is 2.38. The lowest BCUT2D eigenvalue weighted by atomic mass is 10.0. The number of rotatable bonds is 8. The first kappa shape index (κ1) is 38.5. The van der Waals surface area contributed by atoms with Gasteiger partial charge in [-0.2, -0.15) is 0 Å². The molecule has 2 aliphatic rings. The van der Waals surface area contributed by atoms with Crippen LogP contribution in [0.25, 0.3) is 90.9 Å². The number of halogens is 2. The molecule has 294 valence electrons. The highest BCUT2D eigenvalue weighted by Gasteiger charge is 2.20. The van der Waals surface area contributed by atoms with Gasteiger partial charge in [0, 0.05) is 55.7 Å². The summed E-state index contributed by atoms with van der Waals surface area (Å²) in [7, 11) is 0. The molecular formula is C50H38Cl2N6O2. The van der Waals surface area contributed by atoms with Gasteiger partial charge in [-0.1, -0.05) is 84.9 Å². The lowest BCUT2D eigenvalue weighted by Crippen LogP contribution is -2.20. The molecular weight excluding hydrogens is 787 g/mol. The zero-order valence-corrected chi connectivity index (χ0v) is 34.1. The molecule has 9 rings (SSSR count). The molecule has 5 heterocycles. The van der Waals surface area contributed by atoms with Crippen LogP contribution in [0.2, 0.25) is 0 Å². The lowest BCUT2D eigenvalue weighted by Gasteiger charge is -2.09. The predicted octanol–water partition coefficient (Wildman–Crippen LogP) is 12.5. The van der Waals surface area contributed by atoms with Gasteiger partial charge < -0.3 is 20.6 Å². The third-order valence-electron chi connectivity index (χ3n) is 10.5. The average molecular weight is 826 g/mol. The van der Waals surface area contributed by atoms with E-state index < -0.39 is 10.8 Å². The van der Waals surface area contributed by atoms with Crippen molar-refractivity contribution in [2.24, 2.45) is 0 Å². The number of hydrogen-bond donors (Lipinski definition) is 4. The summed E-state index contributed by atoms with van der Waals surface area (Å²) in [5.41, 5.74) is 15.4. The van der Waals surface area contributed by atoms with Crippen LogP contribution in [-0.2, 0) is 9.59 Å². The van der Waals surface area contributed by atoms with Crippen LogP contribution in [0.1, 0.15) is 36.6 Å². The minimum Gasteiger partial charge on any atom is -0.354 e. The number of fused-ring (bicyclic) bond motifs is 8. The molecule has 2 unspecified atom stereocenters. The predicted molar refractivity (Wildman–Crippen MR) is 248 cm³/mol. The van der Waals surface area contributed by atoms with Crippen molar-refractivity contribution in [2.45, 2.75) is 24.6 Å². The van der Waals surface area contributed by atoms with E-state index >= 15 is 0 Å². The number of amides is 2. The second-order valence-corrected chi connectivity index (χ2v) is 15.9. The molecule has 3 aromatic heterocycles. The minimum atomic E-state index is -0.673. The van der Waals surface area contributed by atoms with Crippen molar-refractivity contribution < 1.29 is 9.59 Å². The number of anilines is 2. The van der Waals surface area contributed by atoms with Gasteiger partial charge in [0.15, 0.2) is 0 Å². The molecule has 0 radical (unpaired) electrons. The number of H-pyrrole nitrogens is 2. The van der Waals surface area contributed by atoms with Crippen LogP contribution in [0, 0.1) is 0 Å². The Morgan fingerprint density at radius 1 is 0.433 bits per heavy atom. The molecule has 2 atom stereocenters. The second kappa shape index (κ2) is 16.3. The second-order valence-electron chi connectivity index (χ2n) is 14.6. The first-order valence-electron chi connectivity index (χ1n) is 19.6. The molecule has 2 amide bonds. The van der Waals surface area contributed by atoms with Gasteiger partial charge in [0.05, 0.1) is 22.8 Å². The van der Waals surface area contributed by atoms with E-state index in [1.54, 1.807) is 13.8 Å². The Kier molecular flexibility index (Phi) is 10.5. The van der Waals surface area contributed by atoms with Crippen molar-refractivity contribution in [1.29, 1.82) is 0 Å². The van der Waals surface area contributed by atoms with Crippen molar-refractivity contribution in [1.82, 2.24) is 19.9 Å². The van der Waals surface area contributed by atoms with E-state index in [4.69, 9.17) is 33.2 Å². The van der Waals surface area contributed by atoms with Crippen molar-refractivity contribution >= 4 is 92.8 Å². The fourth-order valence-corrected chi connectivity index (χ4v) is 7.66. The number of alkyl halides is 2. The minimum absolute atomic E-state index is 0.278. The van der Waals surface area contributed by atoms with E-state index in [2.05, 4.69) is 81.3 Å². The van der Waals surface area contributed by atoms with Crippen LogP contribution in [0.5, 0.6) is 0 Å². The third kappa shape index (κ3) is 7.66. The maximum Gasteiger partial charge on any atom is 0.242 e. The largest absolute Gasteiger partial charge is 0.354 e. The highest BCUT2D eigenvalue weighted by atomic mass is 35.5. The molecule has 10 heteroatoms. The SMILES string of the molecule is CC(Cl)C(=O)Nc1ccc(-c2c3nc(c(-c4ccc(NC(=O)C(C)Cl)cc4)c4ccc([nH]4)c(-c4ccccc4)c4nc(c(-c5ccccc5)c5ccc2[nH]5)C=C4)C=C3)cc1. The molecule has 0 aliphatic carbocycles. The van der Waals surface area contributed by atoms with Gasteiger partial charge in [0.2, 0.25) is 11.8 Å². The summed E-state index contributed by atoms with van der Waals surface area (Å²) in [5.74, 6) is -0.557. The summed E-state index contributed by atoms with van der Waals surface area (Å²) in [6.45, 7) is 3.28. The van der Waals surface area contributed by atoms with Crippen molar-refractivity contribution in [3.63, 3.8) is 0 Å². The highest BCUT2D eigenvalue weighted by molar-refractivity contribution is 6.32. The Morgan fingerprint density at radius 2 is 0.717 bits per heavy atom. The van der Waals surface area contributed by atoms with Gasteiger partial charge in [-0.25, -0.2) is 9.97 Å². The van der Waals surface area contributed by atoms with Crippen molar-refractivity contribution in [3.8, 4) is 44.5 Å². The molecule has 4 aromatic carbocycles. The molecule has 4 N–H and O–H groups in total. The maximum atomic E-state index is 12.4. The van der Waals surface area contributed by atoms with E-state index in [0.29, 0.717) is 11.4 Å². The quantitative estimate of drug-likeness (QED) is 0.114. The summed E-state index contributed by atoms with van der Waals surface area (Å²) in [4.78, 5) is 43.1. The first-order chi connectivity index (χ1) is 29.2. The Morgan fingerprint density at radius 3 is 1.00 bits per heavy atom. The summed E-state index contributed by atoms with van der Waals surface area (Å²) >= 11 is 12.1. The van der Waals surface area contributed by atoms with E-state index in [9.17, 15) is 9.59 Å². The Hall–Kier alpha value is -7.00. The number of hydrogen-bond acceptors (Lipinski definition) is 4. The fraction of sp³-hybridized carbons (Fsp3) is 0.0800. The molecule has 7 aromatic rings. The number of aromatic nitrogens is 4. The molecule has 60 heavy (non-hydrogen) atoms. The molecule has 0 saturated carbocycles. The van der Waals surface area contributed by atoms with E-state index in [-0.39, 0.29) is 11.8 Å². The van der Waals surface area contributed by atoms with Crippen LogP contribution in [0.4, 0.5) is 11.4 Å². The van der Waals surface area contributed by atoms with Crippen molar-refractivity contribution in [2.75, 3.05) is 10.6 Å². The molecule has 0 spiro atoms. The Balaban J connectivity index is 1.36. The molecule has 8 bridgehead atoms. The molecule has 8 nitrogen and oxygen atoms in total. The molecule has 0 saturated heterocycles. The van der Waals surface area contributed by atoms with Gasteiger partial charge >= 0.3 is 0 Å². The molecule has 0 fully saturated rings. The summed E-state index contributed by atoms with van der Waals surface area (Å²) in [5, 5.41) is 4.42. The summed E-state index contributed by atoms with van der Waals surface area (Å²) < 4.78 is 0. The average Bonchev–Trinajstić information content (AvgIpc) is 4.11. The van der Waals surface area contributed by atoms with Gasteiger partial charge in [0.1, 0.15) is 10.8 Å². The first-order valence-corrected chi connectivity index (χ1v) is 20.5.